The van der Waals surface area contributed by atoms with Crippen molar-refractivity contribution in [3.05, 3.63) is 68.1 Å². The van der Waals surface area contributed by atoms with E-state index in [1.54, 1.807) is 16.2 Å². The second kappa shape index (κ2) is 8.29. The monoisotopic (exact) mass is 396 g/mol. The number of carbonyl (C=O) groups is 1. The quantitative estimate of drug-likeness (QED) is 0.688. The van der Waals surface area contributed by atoms with Gasteiger partial charge < -0.3 is 14.6 Å². The van der Waals surface area contributed by atoms with Crippen LogP contribution >= 0.6 is 11.3 Å². The van der Waals surface area contributed by atoms with Crippen LogP contribution in [0.3, 0.4) is 0 Å². The highest BCUT2D eigenvalue weighted by Crippen LogP contribution is 2.21. The minimum absolute atomic E-state index is 0.0345. The Labute approximate surface area is 168 Å². The number of amides is 1. The first-order valence-electron chi connectivity index (χ1n) is 9.71. The largest absolute Gasteiger partial charge is 0.368 e. The number of hydrogen-bond donors (Lipinski definition) is 1. The molecule has 4 rings (SSSR count). The van der Waals surface area contributed by atoms with Crippen LogP contribution in [0.2, 0.25) is 0 Å². The van der Waals surface area contributed by atoms with E-state index < -0.39 is 6.10 Å². The molecule has 1 unspecified atom stereocenters. The molecule has 28 heavy (non-hydrogen) atoms. The van der Waals surface area contributed by atoms with Crippen LogP contribution < -0.4 is 5.56 Å². The Morgan fingerprint density at radius 2 is 2.18 bits per heavy atom. The first kappa shape index (κ1) is 18.9. The maximum Gasteiger partial charge on any atom is 0.253 e. The average molecular weight is 397 g/mol. The normalized spacial score (nSPS) is 16.5. The van der Waals surface area contributed by atoms with Crippen molar-refractivity contribution in [2.45, 2.75) is 45.4 Å². The topological polar surface area (TPSA) is 62.4 Å². The summed E-state index contributed by atoms with van der Waals surface area (Å²) in [6.07, 6.45) is 2.19. The molecular weight excluding hydrogens is 372 g/mol. The lowest BCUT2D eigenvalue weighted by molar-refractivity contribution is -0.142. The van der Waals surface area contributed by atoms with E-state index in [1.807, 2.05) is 35.7 Å². The molecule has 1 aliphatic rings. The van der Waals surface area contributed by atoms with Crippen molar-refractivity contribution in [1.82, 2.24) is 9.88 Å². The van der Waals surface area contributed by atoms with Gasteiger partial charge in [0.05, 0.1) is 13.1 Å². The van der Waals surface area contributed by atoms with E-state index in [0.29, 0.717) is 18.7 Å². The summed E-state index contributed by atoms with van der Waals surface area (Å²) >= 11 is 1.61. The summed E-state index contributed by atoms with van der Waals surface area (Å²) in [7, 11) is 0. The van der Waals surface area contributed by atoms with Crippen molar-refractivity contribution >= 4 is 28.1 Å². The predicted molar refractivity (Wildman–Crippen MR) is 111 cm³/mol. The lowest BCUT2D eigenvalue weighted by atomic mass is 10.1. The molecule has 0 aliphatic carbocycles. The summed E-state index contributed by atoms with van der Waals surface area (Å²) in [6.45, 7) is 3.50. The Bertz CT molecular complexity index is 1020. The number of benzene rings is 1. The molecule has 0 saturated carbocycles. The van der Waals surface area contributed by atoms with Crippen LogP contribution in [0.15, 0.2) is 46.6 Å². The minimum Gasteiger partial charge on any atom is -0.368 e. The van der Waals surface area contributed by atoms with E-state index >= 15 is 0 Å². The fourth-order valence-electron chi connectivity index (χ4n) is 3.62. The minimum atomic E-state index is -0.397. The number of aromatic amines is 1. The fraction of sp³-hybridized carbons (Fsp3) is 0.364. The number of rotatable bonds is 6. The fourth-order valence-corrected chi connectivity index (χ4v) is 4.34. The number of aryl methyl sites for hydroxylation is 1. The van der Waals surface area contributed by atoms with Gasteiger partial charge in [-0.3, -0.25) is 9.59 Å². The summed E-state index contributed by atoms with van der Waals surface area (Å²) in [4.78, 5) is 31.5. The Kier molecular flexibility index (Phi) is 5.59. The number of H-pyrrole nitrogens is 1. The van der Waals surface area contributed by atoms with Crippen LogP contribution in [-0.2, 0) is 29.0 Å². The molecule has 6 heteroatoms. The van der Waals surface area contributed by atoms with E-state index in [2.05, 4.69) is 18.0 Å². The van der Waals surface area contributed by atoms with Crippen molar-refractivity contribution in [2.75, 3.05) is 6.61 Å². The Balaban J connectivity index is 1.65. The Morgan fingerprint density at radius 1 is 1.29 bits per heavy atom. The van der Waals surface area contributed by atoms with Gasteiger partial charge in [-0.1, -0.05) is 19.1 Å². The molecule has 0 bridgehead atoms. The third-order valence-electron chi connectivity index (χ3n) is 5.20. The van der Waals surface area contributed by atoms with Gasteiger partial charge in [0.15, 0.2) is 0 Å². The molecule has 0 spiro atoms. The number of fused-ring (bicyclic) bond motifs is 1. The average Bonchev–Trinajstić information content (AvgIpc) is 3.41. The van der Waals surface area contributed by atoms with E-state index in [0.717, 1.165) is 35.0 Å². The zero-order valence-electron chi connectivity index (χ0n) is 15.9. The number of nitrogens with one attached hydrogen (secondary N) is 1. The molecule has 1 fully saturated rings. The second-order valence-electron chi connectivity index (χ2n) is 7.17. The molecule has 2 aromatic heterocycles. The van der Waals surface area contributed by atoms with Gasteiger partial charge in [-0.05, 0) is 59.9 Å². The summed E-state index contributed by atoms with van der Waals surface area (Å²) in [5.41, 5.74) is 2.49. The van der Waals surface area contributed by atoms with Gasteiger partial charge >= 0.3 is 0 Å². The van der Waals surface area contributed by atoms with E-state index in [4.69, 9.17) is 4.74 Å². The molecular formula is C22H24N2O3S. The standard InChI is InChI=1S/C22H24N2O3S/c1-2-15-7-8-19-16(11-15)12-17(21(25)23-19)13-24(14-18-5-4-10-28-18)22(26)20-6-3-9-27-20/h4-5,7-8,10-12,20H,2-3,6,9,13-14H2,1H3,(H,23,25). The van der Waals surface area contributed by atoms with Crippen molar-refractivity contribution < 1.29 is 9.53 Å². The zero-order chi connectivity index (χ0) is 19.5. The van der Waals surface area contributed by atoms with Gasteiger partial charge in [0.25, 0.3) is 11.5 Å². The van der Waals surface area contributed by atoms with Crippen LogP contribution in [0, 0.1) is 0 Å². The maximum absolute atomic E-state index is 13.0. The van der Waals surface area contributed by atoms with Crippen LogP contribution in [0.25, 0.3) is 10.9 Å². The maximum atomic E-state index is 13.0. The van der Waals surface area contributed by atoms with Crippen molar-refractivity contribution in [3.63, 3.8) is 0 Å². The number of hydrogen-bond acceptors (Lipinski definition) is 4. The molecule has 1 amide bonds. The molecule has 5 nitrogen and oxygen atoms in total. The molecule has 3 heterocycles. The van der Waals surface area contributed by atoms with Crippen LogP contribution in [0.1, 0.15) is 35.8 Å². The number of pyridine rings is 1. The van der Waals surface area contributed by atoms with E-state index in [-0.39, 0.29) is 18.0 Å². The van der Waals surface area contributed by atoms with Gasteiger partial charge in [-0.15, -0.1) is 11.3 Å². The predicted octanol–water partition coefficient (Wildman–Crippen LogP) is 3.86. The molecule has 1 aromatic carbocycles. The number of aromatic nitrogens is 1. The van der Waals surface area contributed by atoms with Gasteiger partial charge in [-0.2, -0.15) is 0 Å². The number of nitrogens with zero attached hydrogens (tertiary/aromatic N) is 1. The summed E-state index contributed by atoms with van der Waals surface area (Å²) in [5, 5.41) is 2.99. The highest BCUT2D eigenvalue weighted by atomic mass is 32.1. The van der Waals surface area contributed by atoms with E-state index in [9.17, 15) is 9.59 Å². The first-order valence-corrected chi connectivity index (χ1v) is 10.6. The molecule has 1 aliphatic heterocycles. The second-order valence-corrected chi connectivity index (χ2v) is 8.21. The lowest BCUT2D eigenvalue weighted by Gasteiger charge is -2.25. The molecule has 3 aromatic rings. The molecule has 146 valence electrons. The molecule has 1 N–H and O–H groups in total. The highest BCUT2D eigenvalue weighted by Gasteiger charge is 2.29. The number of carbonyl (C=O) groups excluding carboxylic acids is 1. The zero-order valence-corrected chi connectivity index (χ0v) is 16.8. The third kappa shape index (κ3) is 4.03. The number of thiophene rings is 1. The van der Waals surface area contributed by atoms with Gasteiger partial charge in [0.1, 0.15) is 6.10 Å². The van der Waals surface area contributed by atoms with Crippen LogP contribution in [-0.4, -0.2) is 28.5 Å². The highest BCUT2D eigenvalue weighted by molar-refractivity contribution is 7.09. The number of ether oxygens (including phenoxy) is 1. The molecule has 1 saturated heterocycles. The van der Waals surface area contributed by atoms with Crippen molar-refractivity contribution in [3.8, 4) is 0 Å². The third-order valence-corrected chi connectivity index (χ3v) is 6.06. The SMILES string of the molecule is CCc1ccc2[nH]c(=O)c(CN(Cc3cccs3)C(=O)C3CCCO3)cc2c1. The van der Waals surface area contributed by atoms with Gasteiger partial charge in [0, 0.05) is 22.6 Å². The molecule has 0 radical (unpaired) electrons. The first-order chi connectivity index (χ1) is 13.6. The molecule has 1 atom stereocenters. The van der Waals surface area contributed by atoms with E-state index in [1.165, 1.54) is 5.56 Å². The Hall–Kier alpha value is -2.44. The van der Waals surface area contributed by atoms with Crippen LogP contribution in [0.4, 0.5) is 0 Å². The lowest BCUT2D eigenvalue weighted by Crippen LogP contribution is -2.39. The van der Waals surface area contributed by atoms with Crippen molar-refractivity contribution in [2.24, 2.45) is 0 Å². The van der Waals surface area contributed by atoms with Gasteiger partial charge in [-0.25, -0.2) is 0 Å². The summed E-state index contributed by atoms with van der Waals surface area (Å²) in [5.74, 6) is -0.0345. The summed E-state index contributed by atoms with van der Waals surface area (Å²) < 4.78 is 5.61. The van der Waals surface area contributed by atoms with Crippen molar-refractivity contribution in [1.29, 1.82) is 0 Å². The smallest absolute Gasteiger partial charge is 0.253 e. The Morgan fingerprint density at radius 3 is 2.89 bits per heavy atom. The summed E-state index contributed by atoms with van der Waals surface area (Å²) in [6, 6.07) is 12.0. The van der Waals surface area contributed by atoms with Gasteiger partial charge in [0.2, 0.25) is 0 Å². The van der Waals surface area contributed by atoms with Crippen LogP contribution in [0.5, 0.6) is 0 Å².